The van der Waals surface area contributed by atoms with Gasteiger partial charge in [-0.3, -0.25) is 0 Å². The molecule has 0 bridgehead atoms. The molecule has 0 saturated carbocycles. The second-order valence-electron chi connectivity index (χ2n) is 3.76. The van der Waals surface area contributed by atoms with Crippen molar-refractivity contribution < 1.29 is 4.74 Å². The van der Waals surface area contributed by atoms with E-state index in [4.69, 9.17) is 4.74 Å². The zero-order valence-corrected chi connectivity index (χ0v) is 8.90. The van der Waals surface area contributed by atoms with Gasteiger partial charge in [0, 0.05) is 11.1 Å². The molecule has 0 aromatic heterocycles. The van der Waals surface area contributed by atoms with Gasteiger partial charge in [-0.15, -0.1) is 0 Å². The van der Waals surface area contributed by atoms with E-state index < -0.39 is 5.41 Å². The van der Waals surface area contributed by atoms with Gasteiger partial charge in [-0.1, -0.05) is 24.8 Å². The molecule has 1 aliphatic heterocycles. The molecule has 0 N–H and O–H groups in total. The van der Waals surface area contributed by atoms with E-state index in [2.05, 4.69) is 18.7 Å². The van der Waals surface area contributed by atoms with Crippen molar-refractivity contribution in [3.63, 3.8) is 0 Å². The summed E-state index contributed by atoms with van der Waals surface area (Å²) in [5, 5.41) is 18.6. The molecular formula is C13H10N2O. The molecule has 0 radical (unpaired) electrons. The summed E-state index contributed by atoms with van der Waals surface area (Å²) in [5.74, 6) is 0.588. The summed E-state index contributed by atoms with van der Waals surface area (Å²) in [6.07, 6.45) is -0.325. The standard InChI is InChI=1S/C13H10N2O/c1-9-10(2)16-12-6-4-3-5-11(12)13(9,7-14)8-15/h3-6,10H,1H2,2H3. The second kappa shape index (κ2) is 3.40. The van der Waals surface area contributed by atoms with Crippen LogP contribution in [0.15, 0.2) is 36.4 Å². The Labute approximate surface area is 94.2 Å². The molecular weight excluding hydrogens is 200 g/mol. The van der Waals surface area contributed by atoms with Crippen LogP contribution in [0.2, 0.25) is 0 Å². The van der Waals surface area contributed by atoms with E-state index in [1.54, 1.807) is 25.1 Å². The van der Waals surface area contributed by atoms with Crippen molar-refractivity contribution in [1.29, 1.82) is 10.5 Å². The SMILES string of the molecule is C=C1C(C)Oc2ccccc2C1(C#N)C#N. The summed E-state index contributed by atoms with van der Waals surface area (Å²) in [6, 6.07) is 11.2. The monoisotopic (exact) mass is 210 g/mol. The number of ether oxygens (including phenoxy) is 1. The number of nitriles is 2. The van der Waals surface area contributed by atoms with Crippen LogP contribution in [0.4, 0.5) is 0 Å². The van der Waals surface area contributed by atoms with Gasteiger partial charge in [0.1, 0.15) is 11.9 Å². The first-order chi connectivity index (χ1) is 7.65. The summed E-state index contributed by atoms with van der Waals surface area (Å²) in [4.78, 5) is 0. The zero-order valence-electron chi connectivity index (χ0n) is 8.90. The van der Waals surface area contributed by atoms with Gasteiger partial charge in [0.25, 0.3) is 0 Å². The van der Waals surface area contributed by atoms with Gasteiger partial charge in [-0.25, -0.2) is 0 Å². The van der Waals surface area contributed by atoms with Crippen molar-refractivity contribution in [2.75, 3.05) is 0 Å². The minimum Gasteiger partial charge on any atom is -0.486 e. The minimum atomic E-state index is -1.28. The molecule has 0 saturated heterocycles. The second-order valence-corrected chi connectivity index (χ2v) is 3.76. The fourth-order valence-electron chi connectivity index (χ4n) is 1.91. The first-order valence-corrected chi connectivity index (χ1v) is 4.93. The molecule has 0 amide bonds. The van der Waals surface area contributed by atoms with Crippen molar-refractivity contribution in [3.05, 3.63) is 42.0 Å². The fraction of sp³-hybridized carbons (Fsp3) is 0.231. The Balaban J connectivity index is 2.75. The maximum Gasteiger partial charge on any atom is 0.196 e. The Morgan fingerprint density at radius 1 is 1.31 bits per heavy atom. The number of benzene rings is 1. The molecule has 2 rings (SSSR count). The predicted molar refractivity (Wildman–Crippen MR) is 58.6 cm³/mol. The molecule has 16 heavy (non-hydrogen) atoms. The Bertz CT molecular complexity index is 520. The Kier molecular flexibility index (Phi) is 2.18. The third kappa shape index (κ3) is 1.12. The molecule has 1 aromatic carbocycles. The highest BCUT2D eigenvalue weighted by molar-refractivity contribution is 5.59. The van der Waals surface area contributed by atoms with Gasteiger partial charge in [-0.05, 0) is 13.0 Å². The molecule has 78 valence electrons. The average molecular weight is 210 g/mol. The third-order valence-corrected chi connectivity index (χ3v) is 2.90. The number of rotatable bonds is 0. The molecule has 0 aliphatic carbocycles. The fourth-order valence-corrected chi connectivity index (χ4v) is 1.91. The number of hydrogen-bond acceptors (Lipinski definition) is 3. The maximum atomic E-state index is 9.29. The molecule has 1 aromatic rings. The maximum absolute atomic E-state index is 9.29. The quantitative estimate of drug-likeness (QED) is 0.617. The molecule has 3 nitrogen and oxygen atoms in total. The van der Waals surface area contributed by atoms with E-state index in [1.165, 1.54) is 0 Å². The van der Waals surface area contributed by atoms with Gasteiger partial charge in [0.05, 0.1) is 12.1 Å². The number of nitrogens with zero attached hydrogens (tertiary/aromatic N) is 2. The lowest BCUT2D eigenvalue weighted by atomic mass is 9.73. The Morgan fingerprint density at radius 2 is 1.94 bits per heavy atom. The van der Waals surface area contributed by atoms with E-state index in [1.807, 2.05) is 6.07 Å². The first kappa shape index (κ1) is 10.3. The lowest BCUT2D eigenvalue weighted by Gasteiger charge is -2.34. The lowest BCUT2D eigenvalue weighted by molar-refractivity contribution is 0.227. The zero-order chi connectivity index (χ0) is 11.8. The number of hydrogen-bond donors (Lipinski definition) is 0. The summed E-state index contributed by atoms with van der Waals surface area (Å²) in [7, 11) is 0. The lowest BCUT2D eigenvalue weighted by Crippen LogP contribution is -2.37. The summed E-state index contributed by atoms with van der Waals surface area (Å²) < 4.78 is 5.60. The summed E-state index contributed by atoms with van der Waals surface area (Å²) >= 11 is 0. The molecule has 1 heterocycles. The van der Waals surface area contributed by atoms with E-state index in [0.717, 1.165) is 0 Å². The topological polar surface area (TPSA) is 56.8 Å². The Morgan fingerprint density at radius 3 is 2.56 bits per heavy atom. The molecule has 1 unspecified atom stereocenters. The van der Waals surface area contributed by atoms with Gasteiger partial charge >= 0.3 is 0 Å². The average Bonchev–Trinajstić information content (AvgIpc) is 2.32. The van der Waals surface area contributed by atoms with E-state index >= 15 is 0 Å². The van der Waals surface area contributed by atoms with E-state index in [0.29, 0.717) is 16.9 Å². The van der Waals surface area contributed by atoms with Crippen molar-refractivity contribution in [1.82, 2.24) is 0 Å². The normalized spacial score (nSPS) is 21.2. The van der Waals surface area contributed by atoms with Gasteiger partial charge in [0.2, 0.25) is 0 Å². The highest BCUT2D eigenvalue weighted by atomic mass is 16.5. The van der Waals surface area contributed by atoms with Crippen LogP contribution in [0.1, 0.15) is 12.5 Å². The highest BCUT2D eigenvalue weighted by Gasteiger charge is 2.44. The molecule has 3 heteroatoms. The van der Waals surface area contributed by atoms with Crippen LogP contribution < -0.4 is 4.74 Å². The minimum absolute atomic E-state index is 0.325. The number of fused-ring (bicyclic) bond motifs is 1. The van der Waals surface area contributed by atoms with Gasteiger partial charge in [-0.2, -0.15) is 10.5 Å². The van der Waals surface area contributed by atoms with Crippen LogP contribution in [-0.4, -0.2) is 6.10 Å². The summed E-state index contributed by atoms with van der Waals surface area (Å²) in [5.41, 5.74) is -0.201. The molecule has 1 atom stereocenters. The van der Waals surface area contributed by atoms with Crippen molar-refractivity contribution >= 4 is 0 Å². The van der Waals surface area contributed by atoms with Crippen LogP contribution in [0.3, 0.4) is 0 Å². The largest absolute Gasteiger partial charge is 0.486 e. The number of para-hydroxylation sites is 1. The van der Waals surface area contributed by atoms with Crippen LogP contribution >= 0.6 is 0 Å². The van der Waals surface area contributed by atoms with Crippen LogP contribution in [0.25, 0.3) is 0 Å². The van der Waals surface area contributed by atoms with Crippen molar-refractivity contribution in [2.45, 2.75) is 18.4 Å². The van der Waals surface area contributed by atoms with E-state index in [9.17, 15) is 10.5 Å². The van der Waals surface area contributed by atoms with Crippen LogP contribution in [-0.2, 0) is 5.41 Å². The Hall–Kier alpha value is -2.26. The van der Waals surface area contributed by atoms with Gasteiger partial charge in [0.15, 0.2) is 5.41 Å². The predicted octanol–water partition coefficient (Wildman–Crippen LogP) is 2.31. The smallest absolute Gasteiger partial charge is 0.196 e. The van der Waals surface area contributed by atoms with Crippen LogP contribution in [0.5, 0.6) is 5.75 Å². The van der Waals surface area contributed by atoms with Gasteiger partial charge < -0.3 is 4.74 Å². The summed E-state index contributed by atoms with van der Waals surface area (Å²) in [6.45, 7) is 5.61. The molecule has 0 spiro atoms. The van der Waals surface area contributed by atoms with Crippen molar-refractivity contribution in [3.8, 4) is 17.9 Å². The molecule has 0 fully saturated rings. The third-order valence-electron chi connectivity index (χ3n) is 2.90. The van der Waals surface area contributed by atoms with E-state index in [-0.39, 0.29) is 6.10 Å². The highest BCUT2D eigenvalue weighted by Crippen LogP contribution is 2.42. The molecule has 1 aliphatic rings. The van der Waals surface area contributed by atoms with Crippen molar-refractivity contribution in [2.24, 2.45) is 0 Å². The van der Waals surface area contributed by atoms with Crippen LogP contribution in [0, 0.1) is 22.7 Å². The first-order valence-electron chi connectivity index (χ1n) is 4.93.